The number of rotatable bonds is 8. The largest absolute Gasteiger partial charge is 0.397 e. The molecule has 0 radical (unpaired) electrons. The van der Waals surface area contributed by atoms with Gasteiger partial charge in [-0.3, -0.25) is 4.79 Å². The molecule has 1 aromatic carbocycles. The van der Waals surface area contributed by atoms with Gasteiger partial charge in [0.15, 0.2) is 0 Å². The predicted molar refractivity (Wildman–Crippen MR) is 83.0 cm³/mol. The molecule has 0 saturated heterocycles. The van der Waals surface area contributed by atoms with Gasteiger partial charge in [0.2, 0.25) is 0 Å². The van der Waals surface area contributed by atoms with E-state index >= 15 is 0 Å². The van der Waals surface area contributed by atoms with Crippen LogP contribution in [0.25, 0.3) is 0 Å². The molecule has 1 aromatic rings. The highest BCUT2D eigenvalue weighted by Crippen LogP contribution is 2.19. The summed E-state index contributed by atoms with van der Waals surface area (Å²) in [5.41, 5.74) is 8.83. The molecule has 0 saturated carbocycles. The zero-order valence-electron chi connectivity index (χ0n) is 12.2. The molecule has 5 nitrogen and oxygen atoms in total. The minimum Gasteiger partial charge on any atom is -0.397 e. The second kappa shape index (κ2) is 8.22. The van der Waals surface area contributed by atoms with Crippen molar-refractivity contribution >= 4 is 17.3 Å². The Morgan fingerprint density at radius 2 is 2.20 bits per heavy atom. The Hall–Kier alpha value is -2.01. The van der Waals surface area contributed by atoms with E-state index in [1.54, 1.807) is 18.2 Å². The molecule has 1 amide bonds. The van der Waals surface area contributed by atoms with E-state index in [4.69, 9.17) is 10.5 Å². The zero-order chi connectivity index (χ0) is 15.0. The van der Waals surface area contributed by atoms with Gasteiger partial charge in [0, 0.05) is 18.7 Å². The average Bonchev–Trinajstić information content (AvgIpc) is 2.39. The molecular weight excluding hydrogens is 254 g/mol. The van der Waals surface area contributed by atoms with Crippen LogP contribution in [0.1, 0.15) is 24.2 Å². The first-order valence-corrected chi connectivity index (χ1v) is 6.68. The summed E-state index contributed by atoms with van der Waals surface area (Å²) in [6.07, 6.45) is 0. The van der Waals surface area contributed by atoms with E-state index in [1.807, 2.05) is 13.8 Å². The molecular formula is C15H23N3O2. The maximum atomic E-state index is 11.7. The SMILES string of the molecule is C=C(C)COCCNc1ccc(C(=O)NCC)cc1N. The molecule has 0 heterocycles. The number of carbonyl (C=O) groups excluding carboxylic acids is 1. The second-order valence-corrected chi connectivity index (χ2v) is 4.60. The smallest absolute Gasteiger partial charge is 0.251 e. The molecule has 0 aliphatic carbocycles. The standard InChI is InChI=1S/C15H23N3O2/c1-4-17-15(19)12-5-6-14(13(16)9-12)18-7-8-20-10-11(2)3/h5-6,9,18H,2,4,7-8,10,16H2,1,3H3,(H,17,19). The third-order valence-electron chi connectivity index (χ3n) is 2.56. The Kier molecular flexibility index (Phi) is 6.59. The van der Waals surface area contributed by atoms with Gasteiger partial charge in [-0.25, -0.2) is 0 Å². The van der Waals surface area contributed by atoms with Crippen LogP contribution >= 0.6 is 0 Å². The maximum Gasteiger partial charge on any atom is 0.251 e. The number of amides is 1. The van der Waals surface area contributed by atoms with Gasteiger partial charge in [-0.1, -0.05) is 12.2 Å². The molecule has 20 heavy (non-hydrogen) atoms. The lowest BCUT2D eigenvalue weighted by molar-refractivity contribution is 0.0956. The van der Waals surface area contributed by atoms with Gasteiger partial charge >= 0.3 is 0 Å². The van der Waals surface area contributed by atoms with E-state index in [1.165, 1.54) is 0 Å². The van der Waals surface area contributed by atoms with Crippen LogP contribution in [0.15, 0.2) is 30.4 Å². The summed E-state index contributed by atoms with van der Waals surface area (Å²) in [6.45, 7) is 9.95. The number of anilines is 2. The molecule has 0 atom stereocenters. The number of carbonyl (C=O) groups is 1. The van der Waals surface area contributed by atoms with Gasteiger partial charge in [0.05, 0.1) is 24.6 Å². The van der Waals surface area contributed by atoms with Crippen molar-refractivity contribution in [1.82, 2.24) is 5.32 Å². The Labute approximate surface area is 120 Å². The molecule has 0 aliphatic rings. The molecule has 110 valence electrons. The number of nitrogen functional groups attached to an aromatic ring is 1. The van der Waals surface area contributed by atoms with Gasteiger partial charge in [0.1, 0.15) is 0 Å². The second-order valence-electron chi connectivity index (χ2n) is 4.60. The molecule has 4 N–H and O–H groups in total. The maximum absolute atomic E-state index is 11.7. The topological polar surface area (TPSA) is 76.4 Å². The highest BCUT2D eigenvalue weighted by Gasteiger charge is 2.06. The first-order chi connectivity index (χ1) is 9.54. The Balaban J connectivity index is 2.47. The van der Waals surface area contributed by atoms with E-state index in [0.717, 1.165) is 11.3 Å². The van der Waals surface area contributed by atoms with Crippen molar-refractivity contribution in [2.24, 2.45) is 0 Å². The fourth-order valence-electron chi connectivity index (χ4n) is 1.63. The van der Waals surface area contributed by atoms with E-state index < -0.39 is 0 Å². The first kappa shape index (κ1) is 16.0. The van der Waals surface area contributed by atoms with Crippen molar-refractivity contribution in [3.8, 4) is 0 Å². The number of ether oxygens (including phenoxy) is 1. The van der Waals surface area contributed by atoms with Crippen LogP contribution in [0.5, 0.6) is 0 Å². The summed E-state index contributed by atoms with van der Waals surface area (Å²) in [6, 6.07) is 5.22. The minimum absolute atomic E-state index is 0.115. The van der Waals surface area contributed by atoms with Crippen LogP contribution in [0.2, 0.25) is 0 Å². The van der Waals surface area contributed by atoms with Crippen molar-refractivity contribution in [2.75, 3.05) is 37.4 Å². The molecule has 0 spiro atoms. The lowest BCUT2D eigenvalue weighted by atomic mass is 10.1. The fraction of sp³-hybridized carbons (Fsp3) is 0.400. The number of nitrogens with two attached hydrogens (primary N) is 1. The summed E-state index contributed by atoms with van der Waals surface area (Å²) < 4.78 is 5.38. The number of benzene rings is 1. The molecule has 0 bridgehead atoms. The summed E-state index contributed by atoms with van der Waals surface area (Å²) in [4.78, 5) is 11.7. The number of hydrogen-bond donors (Lipinski definition) is 3. The van der Waals surface area contributed by atoms with Crippen LogP contribution in [-0.2, 0) is 4.74 Å². The summed E-state index contributed by atoms with van der Waals surface area (Å²) >= 11 is 0. The average molecular weight is 277 g/mol. The summed E-state index contributed by atoms with van der Waals surface area (Å²) in [5, 5.41) is 5.91. The Morgan fingerprint density at radius 1 is 1.45 bits per heavy atom. The fourth-order valence-corrected chi connectivity index (χ4v) is 1.63. The quantitative estimate of drug-likeness (QED) is 0.386. The van der Waals surface area contributed by atoms with Crippen molar-refractivity contribution < 1.29 is 9.53 Å². The van der Waals surface area contributed by atoms with Gasteiger partial charge in [-0.2, -0.15) is 0 Å². The lowest BCUT2D eigenvalue weighted by Crippen LogP contribution is -2.22. The summed E-state index contributed by atoms with van der Waals surface area (Å²) in [7, 11) is 0. The lowest BCUT2D eigenvalue weighted by Gasteiger charge is -2.11. The highest BCUT2D eigenvalue weighted by atomic mass is 16.5. The van der Waals surface area contributed by atoms with Crippen molar-refractivity contribution in [1.29, 1.82) is 0 Å². The van der Waals surface area contributed by atoms with Crippen molar-refractivity contribution in [3.63, 3.8) is 0 Å². The first-order valence-electron chi connectivity index (χ1n) is 6.68. The van der Waals surface area contributed by atoms with Crippen LogP contribution in [0.4, 0.5) is 11.4 Å². The molecule has 0 unspecified atom stereocenters. The molecule has 5 heteroatoms. The highest BCUT2D eigenvalue weighted by molar-refractivity contribution is 5.96. The predicted octanol–water partition coefficient (Wildman–Crippen LogP) is 2.02. The molecule has 0 aliphatic heterocycles. The Morgan fingerprint density at radius 3 is 2.80 bits per heavy atom. The van der Waals surface area contributed by atoms with Crippen LogP contribution in [0.3, 0.4) is 0 Å². The van der Waals surface area contributed by atoms with Gasteiger partial charge in [-0.15, -0.1) is 0 Å². The van der Waals surface area contributed by atoms with Crippen LogP contribution in [0, 0.1) is 0 Å². The van der Waals surface area contributed by atoms with E-state index in [0.29, 0.717) is 37.6 Å². The van der Waals surface area contributed by atoms with E-state index in [2.05, 4.69) is 17.2 Å². The van der Waals surface area contributed by atoms with Crippen LogP contribution < -0.4 is 16.4 Å². The summed E-state index contributed by atoms with van der Waals surface area (Å²) in [5.74, 6) is -0.115. The normalized spacial score (nSPS) is 10.1. The van der Waals surface area contributed by atoms with E-state index in [-0.39, 0.29) is 5.91 Å². The third kappa shape index (κ3) is 5.32. The van der Waals surface area contributed by atoms with Crippen LogP contribution in [-0.4, -0.2) is 32.2 Å². The van der Waals surface area contributed by atoms with Crippen molar-refractivity contribution in [3.05, 3.63) is 35.9 Å². The monoisotopic (exact) mass is 277 g/mol. The van der Waals surface area contributed by atoms with Gasteiger partial charge < -0.3 is 21.1 Å². The Bertz CT molecular complexity index is 472. The number of nitrogens with one attached hydrogen (secondary N) is 2. The molecule has 0 aromatic heterocycles. The third-order valence-corrected chi connectivity index (χ3v) is 2.56. The zero-order valence-corrected chi connectivity index (χ0v) is 12.2. The number of hydrogen-bond acceptors (Lipinski definition) is 4. The van der Waals surface area contributed by atoms with Gasteiger partial charge in [-0.05, 0) is 32.0 Å². The van der Waals surface area contributed by atoms with Crippen molar-refractivity contribution in [2.45, 2.75) is 13.8 Å². The van der Waals surface area contributed by atoms with Gasteiger partial charge in [0.25, 0.3) is 5.91 Å². The molecule has 0 fully saturated rings. The molecule has 1 rings (SSSR count). The minimum atomic E-state index is -0.115. The van der Waals surface area contributed by atoms with E-state index in [9.17, 15) is 4.79 Å².